The number of carbonyl (C=O) groups excluding carboxylic acids is 1. The summed E-state index contributed by atoms with van der Waals surface area (Å²) in [5.41, 5.74) is 6.78. The van der Waals surface area contributed by atoms with Crippen LogP contribution in [0.2, 0.25) is 0 Å². The molecule has 0 spiro atoms. The van der Waals surface area contributed by atoms with Crippen LogP contribution in [0, 0.1) is 5.92 Å². The van der Waals surface area contributed by atoms with Crippen LogP contribution in [0.4, 0.5) is 0 Å². The molecule has 0 bridgehead atoms. The van der Waals surface area contributed by atoms with Crippen LogP contribution in [0.5, 0.6) is 0 Å². The van der Waals surface area contributed by atoms with E-state index in [-0.39, 0.29) is 12.6 Å². The molecule has 0 aliphatic heterocycles. The maximum Gasteiger partial charge on any atom is 0.249 e. The Morgan fingerprint density at radius 2 is 2.06 bits per heavy atom. The van der Waals surface area contributed by atoms with Gasteiger partial charge >= 0.3 is 0 Å². The number of amides is 1. The van der Waals surface area contributed by atoms with Gasteiger partial charge in [0.25, 0.3) is 0 Å². The lowest BCUT2D eigenvalue weighted by atomic mass is 10.00. The highest BCUT2D eigenvalue weighted by Gasteiger charge is 2.13. The molecule has 0 heterocycles. The molecule has 4 N–H and O–H groups in total. The van der Waals surface area contributed by atoms with Crippen molar-refractivity contribution in [2.45, 2.75) is 32.9 Å². The van der Waals surface area contributed by atoms with E-state index in [4.69, 9.17) is 10.8 Å². The molecular weight excluding hydrogens is 228 g/mol. The molecule has 0 saturated carbocycles. The van der Waals surface area contributed by atoms with Crippen molar-refractivity contribution in [2.24, 2.45) is 11.7 Å². The topological polar surface area (TPSA) is 75.3 Å². The number of rotatable bonds is 7. The lowest BCUT2D eigenvalue weighted by Gasteiger charge is -2.22. The monoisotopic (exact) mass is 250 g/mol. The second kappa shape index (κ2) is 7.13. The number of nitrogens with one attached hydrogen (secondary N) is 1. The number of aliphatic hydroxyl groups excluding tert-OH is 1. The molecule has 1 aromatic rings. The molecule has 1 amide bonds. The van der Waals surface area contributed by atoms with Gasteiger partial charge < -0.3 is 16.2 Å². The highest BCUT2D eigenvalue weighted by Crippen LogP contribution is 2.11. The zero-order valence-corrected chi connectivity index (χ0v) is 11.0. The fourth-order valence-electron chi connectivity index (χ4n) is 1.97. The van der Waals surface area contributed by atoms with Crippen LogP contribution in [0.3, 0.4) is 0 Å². The molecule has 0 fully saturated rings. The second-order valence-electron chi connectivity index (χ2n) is 4.77. The standard InChI is InChI=1S/C14H22N2O2/c1-10(2)13(7-8-17)16-9-11-5-3-4-6-12(11)14(15)18/h3-6,10,13,16-17H,7-9H2,1-2H3,(H2,15,18). The van der Waals surface area contributed by atoms with Crippen LogP contribution in [0.1, 0.15) is 36.2 Å². The molecule has 0 aliphatic rings. The van der Waals surface area contributed by atoms with Gasteiger partial charge in [0.05, 0.1) is 0 Å². The summed E-state index contributed by atoms with van der Waals surface area (Å²) >= 11 is 0. The quantitative estimate of drug-likeness (QED) is 0.682. The number of nitrogens with two attached hydrogens (primary N) is 1. The predicted octanol–water partition coefficient (Wildman–Crippen LogP) is 1.28. The minimum atomic E-state index is -0.407. The number of hydrogen-bond acceptors (Lipinski definition) is 3. The van der Waals surface area contributed by atoms with Crippen molar-refractivity contribution in [3.05, 3.63) is 35.4 Å². The van der Waals surface area contributed by atoms with E-state index in [1.807, 2.05) is 12.1 Å². The van der Waals surface area contributed by atoms with Crippen LogP contribution in [-0.2, 0) is 6.54 Å². The van der Waals surface area contributed by atoms with E-state index in [1.165, 1.54) is 0 Å². The van der Waals surface area contributed by atoms with Crippen molar-refractivity contribution in [1.82, 2.24) is 5.32 Å². The van der Waals surface area contributed by atoms with Gasteiger partial charge in [-0.2, -0.15) is 0 Å². The van der Waals surface area contributed by atoms with Gasteiger partial charge in [0.1, 0.15) is 0 Å². The highest BCUT2D eigenvalue weighted by molar-refractivity contribution is 5.94. The summed E-state index contributed by atoms with van der Waals surface area (Å²) in [5.74, 6) is 0.0218. The van der Waals surface area contributed by atoms with Crippen LogP contribution >= 0.6 is 0 Å². The Labute approximate surface area is 108 Å². The van der Waals surface area contributed by atoms with Gasteiger partial charge in [-0.15, -0.1) is 0 Å². The number of benzene rings is 1. The first-order valence-electron chi connectivity index (χ1n) is 6.28. The summed E-state index contributed by atoms with van der Waals surface area (Å²) in [7, 11) is 0. The van der Waals surface area contributed by atoms with Crippen molar-refractivity contribution in [2.75, 3.05) is 6.61 Å². The fraction of sp³-hybridized carbons (Fsp3) is 0.500. The third-order valence-electron chi connectivity index (χ3n) is 3.08. The van der Waals surface area contributed by atoms with Crippen LogP contribution < -0.4 is 11.1 Å². The molecule has 4 heteroatoms. The van der Waals surface area contributed by atoms with Gasteiger partial charge in [0.15, 0.2) is 0 Å². The van der Waals surface area contributed by atoms with Gasteiger partial charge in [-0.25, -0.2) is 0 Å². The van der Waals surface area contributed by atoms with E-state index >= 15 is 0 Å². The van der Waals surface area contributed by atoms with Crippen molar-refractivity contribution < 1.29 is 9.90 Å². The largest absolute Gasteiger partial charge is 0.396 e. The van der Waals surface area contributed by atoms with Gasteiger partial charge in [-0.1, -0.05) is 32.0 Å². The third kappa shape index (κ3) is 4.13. The van der Waals surface area contributed by atoms with Crippen molar-refractivity contribution in [1.29, 1.82) is 0 Å². The van der Waals surface area contributed by atoms with E-state index < -0.39 is 5.91 Å². The Morgan fingerprint density at radius 1 is 1.39 bits per heavy atom. The van der Waals surface area contributed by atoms with E-state index in [0.717, 1.165) is 5.56 Å². The summed E-state index contributed by atoms with van der Waals surface area (Å²) in [6, 6.07) is 7.55. The molecule has 1 aromatic carbocycles. The average Bonchev–Trinajstić information content (AvgIpc) is 2.34. The Morgan fingerprint density at radius 3 is 2.61 bits per heavy atom. The molecule has 1 rings (SSSR count). The minimum absolute atomic E-state index is 0.160. The molecule has 0 aromatic heterocycles. The van der Waals surface area contributed by atoms with Gasteiger partial charge in [0.2, 0.25) is 5.91 Å². The molecular formula is C14H22N2O2. The third-order valence-corrected chi connectivity index (χ3v) is 3.08. The zero-order valence-electron chi connectivity index (χ0n) is 11.0. The summed E-state index contributed by atoms with van der Waals surface area (Å²) in [6.07, 6.45) is 0.705. The molecule has 100 valence electrons. The number of primary amides is 1. The summed E-state index contributed by atoms with van der Waals surface area (Å²) in [5, 5.41) is 12.4. The van der Waals surface area contributed by atoms with Crippen LogP contribution in [0.15, 0.2) is 24.3 Å². The van der Waals surface area contributed by atoms with Crippen molar-refractivity contribution in [3.63, 3.8) is 0 Å². The Hall–Kier alpha value is -1.39. The maximum absolute atomic E-state index is 11.3. The first kappa shape index (κ1) is 14.7. The summed E-state index contributed by atoms with van der Waals surface area (Å²) in [4.78, 5) is 11.3. The summed E-state index contributed by atoms with van der Waals surface area (Å²) < 4.78 is 0. The second-order valence-corrected chi connectivity index (χ2v) is 4.77. The number of aliphatic hydroxyl groups is 1. The molecule has 0 aliphatic carbocycles. The van der Waals surface area contributed by atoms with E-state index in [1.54, 1.807) is 12.1 Å². The fourth-order valence-corrected chi connectivity index (χ4v) is 1.97. The van der Waals surface area contributed by atoms with Crippen LogP contribution in [-0.4, -0.2) is 23.7 Å². The molecule has 4 nitrogen and oxygen atoms in total. The molecule has 0 radical (unpaired) electrons. The maximum atomic E-state index is 11.3. The zero-order chi connectivity index (χ0) is 13.5. The number of hydrogen-bond donors (Lipinski definition) is 3. The number of carbonyl (C=O) groups is 1. The van der Waals surface area contributed by atoms with Crippen molar-refractivity contribution >= 4 is 5.91 Å². The van der Waals surface area contributed by atoms with E-state index in [2.05, 4.69) is 19.2 Å². The first-order chi connectivity index (χ1) is 8.56. The van der Waals surface area contributed by atoms with Crippen LogP contribution in [0.25, 0.3) is 0 Å². The lowest BCUT2D eigenvalue weighted by Crippen LogP contribution is -2.34. The predicted molar refractivity (Wildman–Crippen MR) is 72.1 cm³/mol. The van der Waals surface area contributed by atoms with E-state index in [9.17, 15) is 4.79 Å². The Bertz CT molecular complexity index is 391. The Balaban J connectivity index is 2.70. The smallest absolute Gasteiger partial charge is 0.249 e. The normalized spacial score (nSPS) is 12.7. The minimum Gasteiger partial charge on any atom is -0.396 e. The first-order valence-corrected chi connectivity index (χ1v) is 6.28. The molecule has 1 unspecified atom stereocenters. The summed E-state index contributed by atoms with van der Waals surface area (Å²) in [6.45, 7) is 4.95. The van der Waals surface area contributed by atoms with Crippen molar-refractivity contribution in [3.8, 4) is 0 Å². The Kier molecular flexibility index (Phi) is 5.82. The molecule has 1 atom stereocenters. The highest BCUT2D eigenvalue weighted by atomic mass is 16.3. The molecule has 0 saturated heterocycles. The average molecular weight is 250 g/mol. The van der Waals surface area contributed by atoms with Gasteiger partial charge in [-0.05, 0) is 24.0 Å². The lowest BCUT2D eigenvalue weighted by molar-refractivity contribution is 0.0999. The van der Waals surface area contributed by atoms with Gasteiger partial charge in [-0.3, -0.25) is 4.79 Å². The van der Waals surface area contributed by atoms with Gasteiger partial charge in [0, 0.05) is 24.8 Å². The SMILES string of the molecule is CC(C)C(CCO)NCc1ccccc1C(N)=O. The molecule has 18 heavy (non-hydrogen) atoms. The van der Waals surface area contributed by atoms with E-state index in [0.29, 0.717) is 24.4 Å².